The molecule has 0 aliphatic rings. The quantitative estimate of drug-likeness (QED) is 0.540. The summed E-state index contributed by atoms with van der Waals surface area (Å²) in [4.78, 5) is 37.4. The fourth-order valence-electron chi connectivity index (χ4n) is 2.65. The van der Waals surface area contributed by atoms with Crippen molar-refractivity contribution in [3.63, 3.8) is 0 Å². The smallest absolute Gasteiger partial charge is 0.341 e. The maximum absolute atomic E-state index is 12.5. The van der Waals surface area contributed by atoms with Crippen molar-refractivity contribution in [2.45, 2.75) is 20.4 Å². The first-order chi connectivity index (χ1) is 14.5. The van der Waals surface area contributed by atoms with E-state index in [9.17, 15) is 14.4 Å². The molecule has 0 atom stereocenters. The Morgan fingerprint density at radius 3 is 2.60 bits per heavy atom. The summed E-state index contributed by atoms with van der Waals surface area (Å²) in [5, 5.41) is 13.3. The summed E-state index contributed by atoms with van der Waals surface area (Å²) in [6, 6.07) is 9.51. The summed E-state index contributed by atoms with van der Waals surface area (Å²) >= 11 is 1.26. The highest BCUT2D eigenvalue weighted by atomic mass is 32.1. The van der Waals surface area contributed by atoms with Crippen molar-refractivity contribution in [3.8, 4) is 10.4 Å². The highest BCUT2D eigenvalue weighted by Gasteiger charge is 2.24. The normalized spacial score (nSPS) is 10.5. The monoisotopic (exact) mass is 429 g/mol. The third-order valence-electron chi connectivity index (χ3n) is 3.96. The molecule has 30 heavy (non-hydrogen) atoms. The molecule has 1 amide bonds. The molecule has 0 aliphatic carbocycles. The largest absolute Gasteiger partial charge is 0.462 e. The van der Waals surface area contributed by atoms with Crippen LogP contribution in [0.4, 0.5) is 5.00 Å². The molecule has 0 bridgehead atoms. The number of tetrazole rings is 1. The topological polar surface area (TPSA) is 125 Å². The lowest BCUT2D eigenvalue weighted by Crippen LogP contribution is -2.23. The maximum Gasteiger partial charge on any atom is 0.341 e. The minimum absolute atomic E-state index is 0.205. The van der Waals surface area contributed by atoms with E-state index in [-0.39, 0.29) is 18.7 Å². The van der Waals surface area contributed by atoms with Gasteiger partial charge in [0, 0.05) is 4.88 Å². The van der Waals surface area contributed by atoms with E-state index in [0.29, 0.717) is 10.6 Å². The van der Waals surface area contributed by atoms with Crippen LogP contribution in [0, 0.1) is 6.92 Å². The van der Waals surface area contributed by atoms with Crippen LogP contribution < -0.4 is 5.32 Å². The summed E-state index contributed by atoms with van der Waals surface area (Å²) < 4.78 is 11.3. The van der Waals surface area contributed by atoms with Crippen LogP contribution in [0.15, 0.2) is 36.7 Å². The fraction of sp³-hybridized carbons (Fsp3) is 0.263. The summed E-state index contributed by atoms with van der Waals surface area (Å²) in [5.41, 5.74) is 1.91. The molecule has 0 saturated carbocycles. The van der Waals surface area contributed by atoms with Gasteiger partial charge < -0.3 is 14.8 Å². The molecule has 0 radical (unpaired) electrons. The summed E-state index contributed by atoms with van der Waals surface area (Å²) in [6.07, 6.45) is 1.26. The maximum atomic E-state index is 12.5. The predicted octanol–water partition coefficient (Wildman–Crippen LogP) is 2.07. The van der Waals surface area contributed by atoms with Crippen molar-refractivity contribution in [2.75, 3.05) is 18.5 Å². The summed E-state index contributed by atoms with van der Waals surface area (Å²) in [5.74, 6) is -1.78. The predicted molar refractivity (Wildman–Crippen MR) is 108 cm³/mol. The molecule has 10 nitrogen and oxygen atoms in total. The number of benzene rings is 1. The second-order valence-electron chi connectivity index (χ2n) is 6.06. The Kier molecular flexibility index (Phi) is 6.86. The van der Waals surface area contributed by atoms with Gasteiger partial charge in [0.25, 0.3) is 5.91 Å². The number of carbonyl (C=O) groups is 3. The van der Waals surface area contributed by atoms with Crippen LogP contribution in [0.1, 0.15) is 22.8 Å². The molecule has 0 spiro atoms. The SMILES string of the molecule is CCOC(=O)c1c(NC(=O)COC(=O)Cn2cnnn2)sc(-c2ccccc2)c1C. The van der Waals surface area contributed by atoms with Crippen molar-refractivity contribution in [3.05, 3.63) is 47.8 Å². The highest BCUT2D eigenvalue weighted by Crippen LogP contribution is 2.40. The molecule has 3 rings (SSSR count). The number of hydrogen-bond donors (Lipinski definition) is 1. The summed E-state index contributed by atoms with van der Waals surface area (Å²) in [7, 11) is 0. The van der Waals surface area contributed by atoms with Crippen molar-refractivity contribution in [1.29, 1.82) is 0 Å². The molecule has 2 heterocycles. The van der Waals surface area contributed by atoms with Crippen LogP contribution in [0.2, 0.25) is 0 Å². The van der Waals surface area contributed by atoms with Crippen LogP contribution in [0.3, 0.4) is 0 Å². The molecular formula is C19H19N5O5S. The third kappa shape index (κ3) is 5.06. The number of amides is 1. The van der Waals surface area contributed by atoms with Crippen molar-refractivity contribution < 1.29 is 23.9 Å². The average molecular weight is 429 g/mol. The van der Waals surface area contributed by atoms with E-state index in [2.05, 4.69) is 20.8 Å². The Morgan fingerprint density at radius 1 is 1.17 bits per heavy atom. The van der Waals surface area contributed by atoms with E-state index in [4.69, 9.17) is 9.47 Å². The molecule has 0 fully saturated rings. The van der Waals surface area contributed by atoms with Gasteiger partial charge >= 0.3 is 11.9 Å². The Hall–Kier alpha value is -3.60. The fourth-order valence-corrected chi connectivity index (χ4v) is 3.87. The Labute approximate surface area is 175 Å². The van der Waals surface area contributed by atoms with Gasteiger partial charge in [-0.1, -0.05) is 30.3 Å². The van der Waals surface area contributed by atoms with E-state index in [1.54, 1.807) is 13.8 Å². The zero-order valence-electron chi connectivity index (χ0n) is 16.3. The van der Waals surface area contributed by atoms with Crippen LogP contribution >= 0.6 is 11.3 Å². The number of carbonyl (C=O) groups excluding carboxylic acids is 3. The number of anilines is 1. The van der Waals surface area contributed by atoms with Crippen LogP contribution in [0.25, 0.3) is 10.4 Å². The molecule has 156 valence electrons. The van der Waals surface area contributed by atoms with E-state index in [0.717, 1.165) is 10.4 Å². The second kappa shape index (κ2) is 9.74. The lowest BCUT2D eigenvalue weighted by atomic mass is 10.1. The Morgan fingerprint density at radius 2 is 1.93 bits per heavy atom. The van der Waals surface area contributed by atoms with Gasteiger partial charge in [0.05, 0.1) is 12.2 Å². The Bertz CT molecular complexity index is 1030. The van der Waals surface area contributed by atoms with Crippen LogP contribution in [0.5, 0.6) is 0 Å². The molecule has 0 saturated heterocycles. The molecule has 1 N–H and O–H groups in total. The number of esters is 2. The zero-order valence-corrected chi connectivity index (χ0v) is 17.1. The van der Waals surface area contributed by atoms with Gasteiger partial charge in [0.1, 0.15) is 17.9 Å². The van der Waals surface area contributed by atoms with Crippen molar-refractivity contribution >= 4 is 34.2 Å². The number of ether oxygens (including phenoxy) is 2. The van der Waals surface area contributed by atoms with E-state index in [1.165, 1.54) is 22.3 Å². The molecule has 1 aromatic carbocycles. The van der Waals surface area contributed by atoms with Gasteiger partial charge in [0.15, 0.2) is 6.61 Å². The number of nitrogens with one attached hydrogen (secondary N) is 1. The van der Waals surface area contributed by atoms with E-state index < -0.39 is 24.5 Å². The first kappa shape index (κ1) is 21.1. The molecule has 2 aromatic heterocycles. The highest BCUT2D eigenvalue weighted by molar-refractivity contribution is 7.20. The lowest BCUT2D eigenvalue weighted by Gasteiger charge is -2.08. The second-order valence-corrected chi connectivity index (χ2v) is 7.08. The van der Waals surface area contributed by atoms with Crippen LogP contribution in [-0.2, 0) is 25.6 Å². The number of thiophene rings is 1. The first-order valence-corrected chi connectivity index (χ1v) is 9.83. The average Bonchev–Trinajstić information content (AvgIpc) is 3.35. The molecule has 0 aliphatic heterocycles. The number of aromatic nitrogens is 4. The number of hydrogen-bond acceptors (Lipinski definition) is 9. The van der Waals surface area contributed by atoms with E-state index >= 15 is 0 Å². The van der Waals surface area contributed by atoms with Gasteiger partial charge in [-0.05, 0) is 35.4 Å². The van der Waals surface area contributed by atoms with Crippen LogP contribution in [-0.4, -0.2) is 51.3 Å². The zero-order chi connectivity index (χ0) is 21.5. The Balaban J connectivity index is 1.74. The molecule has 3 aromatic rings. The first-order valence-electron chi connectivity index (χ1n) is 9.01. The van der Waals surface area contributed by atoms with Gasteiger partial charge in [-0.25, -0.2) is 9.48 Å². The van der Waals surface area contributed by atoms with Crippen molar-refractivity contribution in [1.82, 2.24) is 20.2 Å². The van der Waals surface area contributed by atoms with Gasteiger partial charge in [-0.3, -0.25) is 9.59 Å². The molecular weight excluding hydrogens is 410 g/mol. The molecule has 0 unspecified atom stereocenters. The minimum atomic E-state index is -0.671. The standard InChI is InChI=1S/C19H19N5O5S/c1-3-28-19(27)16-12(2)17(13-7-5-4-6-8-13)30-18(16)21-14(25)10-29-15(26)9-24-11-20-22-23-24/h4-8,11H,3,9-10H2,1-2H3,(H,21,25). The molecule has 11 heteroatoms. The summed E-state index contributed by atoms with van der Waals surface area (Å²) in [6.45, 7) is 2.98. The third-order valence-corrected chi connectivity index (χ3v) is 5.22. The van der Waals surface area contributed by atoms with Gasteiger partial charge in [-0.2, -0.15) is 0 Å². The van der Waals surface area contributed by atoms with Crippen molar-refractivity contribution in [2.24, 2.45) is 0 Å². The lowest BCUT2D eigenvalue weighted by molar-refractivity contribution is -0.148. The van der Waals surface area contributed by atoms with Gasteiger partial charge in [-0.15, -0.1) is 16.4 Å². The number of nitrogens with zero attached hydrogens (tertiary/aromatic N) is 4. The van der Waals surface area contributed by atoms with E-state index in [1.807, 2.05) is 30.3 Å². The van der Waals surface area contributed by atoms with Gasteiger partial charge in [0.2, 0.25) is 0 Å². The number of rotatable bonds is 8. The minimum Gasteiger partial charge on any atom is -0.462 e.